The Labute approximate surface area is 213 Å². The van der Waals surface area contributed by atoms with Crippen LogP contribution in [0, 0.1) is 0 Å². The van der Waals surface area contributed by atoms with Crippen LogP contribution in [0.2, 0.25) is 0 Å². The number of amides is 2. The van der Waals surface area contributed by atoms with Gasteiger partial charge in [-0.25, -0.2) is 9.69 Å². The third kappa shape index (κ3) is 5.84. The number of hydrogen-bond donors (Lipinski definition) is 0. The van der Waals surface area contributed by atoms with E-state index >= 15 is 0 Å². The SMILES string of the molecule is CCCCCCCCCCCCOC(=O)c1ccc2c(c1)C(=O)N(c1cccc3ccccc13)C2=O. The molecule has 36 heavy (non-hydrogen) atoms. The van der Waals surface area contributed by atoms with Crippen LogP contribution in [0.25, 0.3) is 10.8 Å². The zero-order valence-electron chi connectivity index (χ0n) is 21.1. The van der Waals surface area contributed by atoms with E-state index in [1.165, 1.54) is 55.9 Å². The largest absolute Gasteiger partial charge is 0.462 e. The summed E-state index contributed by atoms with van der Waals surface area (Å²) >= 11 is 0. The van der Waals surface area contributed by atoms with E-state index in [-0.39, 0.29) is 11.5 Å². The van der Waals surface area contributed by atoms with Gasteiger partial charge in [0.05, 0.1) is 29.0 Å². The summed E-state index contributed by atoms with van der Waals surface area (Å²) in [4.78, 5) is 40.1. The molecule has 3 aromatic rings. The van der Waals surface area contributed by atoms with E-state index in [9.17, 15) is 14.4 Å². The van der Waals surface area contributed by atoms with Crippen LogP contribution in [-0.2, 0) is 4.74 Å². The predicted octanol–water partition coefficient (Wildman–Crippen LogP) is 7.72. The Balaban J connectivity index is 1.30. The van der Waals surface area contributed by atoms with Crippen LogP contribution in [0.3, 0.4) is 0 Å². The van der Waals surface area contributed by atoms with Crippen LogP contribution in [0.5, 0.6) is 0 Å². The Hall–Kier alpha value is -3.47. The van der Waals surface area contributed by atoms with Crippen molar-refractivity contribution < 1.29 is 19.1 Å². The summed E-state index contributed by atoms with van der Waals surface area (Å²) in [6, 6.07) is 17.8. The van der Waals surface area contributed by atoms with Gasteiger partial charge in [-0.15, -0.1) is 0 Å². The second kappa shape index (κ2) is 12.5. The fourth-order valence-corrected chi connectivity index (χ4v) is 4.83. The van der Waals surface area contributed by atoms with Crippen molar-refractivity contribution in [2.45, 2.75) is 71.1 Å². The number of rotatable bonds is 13. The average Bonchev–Trinajstić information content (AvgIpc) is 3.15. The minimum atomic E-state index is -0.461. The summed E-state index contributed by atoms with van der Waals surface area (Å²) in [6.45, 7) is 2.60. The van der Waals surface area contributed by atoms with Gasteiger partial charge in [0.1, 0.15) is 0 Å². The molecule has 0 radical (unpaired) electrons. The molecule has 5 heteroatoms. The highest BCUT2D eigenvalue weighted by molar-refractivity contribution is 6.36. The molecule has 0 aromatic heterocycles. The van der Waals surface area contributed by atoms with Gasteiger partial charge in [0.15, 0.2) is 0 Å². The number of nitrogens with zero attached hydrogens (tertiary/aromatic N) is 1. The van der Waals surface area contributed by atoms with E-state index < -0.39 is 11.9 Å². The molecular formula is C31H35NO4. The molecule has 0 aliphatic carbocycles. The van der Waals surface area contributed by atoms with Gasteiger partial charge >= 0.3 is 5.97 Å². The molecule has 0 saturated heterocycles. The first kappa shape index (κ1) is 25.6. The summed E-state index contributed by atoms with van der Waals surface area (Å²) in [6.07, 6.45) is 12.1. The van der Waals surface area contributed by atoms with Gasteiger partial charge in [0.25, 0.3) is 11.8 Å². The lowest BCUT2D eigenvalue weighted by Crippen LogP contribution is -2.29. The van der Waals surface area contributed by atoms with Gasteiger partial charge in [0.2, 0.25) is 0 Å². The van der Waals surface area contributed by atoms with E-state index in [0.717, 1.165) is 30.0 Å². The monoisotopic (exact) mass is 485 g/mol. The minimum absolute atomic E-state index is 0.237. The van der Waals surface area contributed by atoms with Crippen LogP contribution < -0.4 is 4.90 Å². The van der Waals surface area contributed by atoms with Gasteiger partial charge in [-0.05, 0) is 36.1 Å². The van der Waals surface area contributed by atoms with Crippen molar-refractivity contribution in [1.29, 1.82) is 0 Å². The van der Waals surface area contributed by atoms with Crippen molar-refractivity contribution in [3.63, 3.8) is 0 Å². The van der Waals surface area contributed by atoms with Gasteiger partial charge in [0, 0.05) is 5.39 Å². The molecule has 0 atom stereocenters. The van der Waals surface area contributed by atoms with E-state index in [4.69, 9.17) is 4.74 Å². The molecule has 0 saturated carbocycles. The number of imide groups is 1. The van der Waals surface area contributed by atoms with E-state index in [0.29, 0.717) is 23.4 Å². The molecule has 0 spiro atoms. The number of fused-ring (bicyclic) bond motifs is 2. The molecule has 1 aliphatic rings. The summed E-state index contributed by atoms with van der Waals surface area (Å²) in [5.74, 6) is -1.26. The van der Waals surface area contributed by atoms with Crippen molar-refractivity contribution in [2.75, 3.05) is 11.5 Å². The molecular weight excluding hydrogens is 450 g/mol. The summed E-state index contributed by atoms with van der Waals surface area (Å²) in [7, 11) is 0. The highest BCUT2D eigenvalue weighted by atomic mass is 16.5. The number of hydrogen-bond acceptors (Lipinski definition) is 4. The number of anilines is 1. The molecule has 0 fully saturated rings. The number of ether oxygens (including phenoxy) is 1. The van der Waals surface area contributed by atoms with E-state index in [2.05, 4.69) is 6.92 Å². The molecule has 0 unspecified atom stereocenters. The standard InChI is InChI=1S/C31H35NO4/c1-2-3-4-5-6-7-8-9-10-13-21-36-31(35)24-19-20-26-27(22-24)30(34)32(29(26)33)28-18-14-16-23-15-11-12-17-25(23)28/h11-12,14-20,22H,2-10,13,21H2,1H3. The maximum absolute atomic E-state index is 13.2. The number of carbonyl (C=O) groups excluding carboxylic acids is 3. The third-order valence-corrected chi connectivity index (χ3v) is 6.86. The number of esters is 1. The molecule has 0 bridgehead atoms. The van der Waals surface area contributed by atoms with E-state index in [1.54, 1.807) is 18.2 Å². The minimum Gasteiger partial charge on any atom is -0.462 e. The Morgan fingerprint density at radius 2 is 1.36 bits per heavy atom. The van der Waals surface area contributed by atoms with Crippen LogP contribution in [0.15, 0.2) is 60.7 Å². The van der Waals surface area contributed by atoms with E-state index in [1.807, 2.05) is 36.4 Å². The summed E-state index contributed by atoms with van der Waals surface area (Å²) < 4.78 is 5.44. The van der Waals surface area contributed by atoms with Crippen molar-refractivity contribution in [1.82, 2.24) is 0 Å². The molecule has 1 aliphatic heterocycles. The number of unbranched alkanes of at least 4 members (excludes halogenated alkanes) is 9. The quantitative estimate of drug-likeness (QED) is 0.141. The Morgan fingerprint density at radius 3 is 2.11 bits per heavy atom. The summed E-state index contributed by atoms with van der Waals surface area (Å²) in [5, 5.41) is 1.77. The first-order chi connectivity index (χ1) is 17.6. The van der Waals surface area contributed by atoms with Gasteiger partial charge in [-0.3, -0.25) is 9.59 Å². The van der Waals surface area contributed by atoms with Crippen LogP contribution >= 0.6 is 0 Å². The smallest absolute Gasteiger partial charge is 0.338 e. The molecule has 4 rings (SSSR count). The highest BCUT2D eigenvalue weighted by Gasteiger charge is 2.37. The highest BCUT2D eigenvalue weighted by Crippen LogP contribution is 2.34. The topological polar surface area (TPSA) is 63.7 Å². The number of benzene rings is 3. The van der Waals surface area contributed by atoms with Gasteiger partial charge in [-0.2, -0.15) is 0 Å². The lowest BCUT2D eigenvalue weighted by Gasteiger charge is -2.16. The van der Waals surface area contributed by atoms with Crippen LogP contribution in [0.1, 0.15) is 102 Å². The van der Waals surface area contributed by atoms with Crippen molar-refractivity contribution in [3.8, 4) is 0 Å². The molecule has 1 heterocycles. The average molecular weight is 486 g/mol. The predicted molar refractivity (Wildman–Crippen MR) is 144 cm³/mol. The van der Waals surface area contributed by atoms with Gasteiger partial charge < -0.3 is 4.74 Å². The molecule has 3 aromatic carbocycles. The van der Waals surface area contributed by atoms with Crippen molar-refractivity contribution in [3.05, 3.63) is 77.4 Å². The lowest BCUT2D eigenvalue weighted by molar-refractivity contribution is 0.0497. The second-order valence-corrected chi connectivity index (χ2v) is 9.52. The molecule has 5 nitrogen and oxygen atoms in total. The fourth-order valence-electron chi connectivity index (χ4n) is 4.83. The normalized spacial score (nSPS) is 12.9. The third-order valence-electron chi connectivity index (χ3n) is 6.86. The first-order valence-electron chi connectivity index (χ1n) is 13.3. The lowest BCUT2D eigenvalue weighted by atomic mass is 10.1. The zero-order valence-corrected chi connectivity index (χ0v) is 21.1. The Morgan fingerprint density at radius 1 is 0.722 bits per heavy atom. The fraction of sp³-hybridized carbons (Fsp3) is 0.387. The molecule has 2 amide bonds. The maximum Gasteiger partial charge on any atom is 0.338 e. The Kier molecular flexibility index (Phi) is 8.88. The van der Waals surface area contributed by atoms with Crippen molar-refractivity contribution >= 4 is 34.2 Å². The van der Waals surface area contributed by atoms with Crippen LogP contribution in [-0.4, -0.2) is 24.4 Å². The first-order valence-corrected chi connectivity index (χ1v) is 13.3. The van der Waals surface area contributed by atoms with Gasteiger partial charge in [-0.1, -0.05) is 101 Å². The molecule has 188 valence electrons. The summed E-state index contributed by atoms with van der Waals surface area (Å²) in [5.41, 5.74) is 1.38. The Bertz CT molecular complexity index is 1230. The molecule has 0 N–H and O–H groups in total. The maximum atomic E-state index is 13.2. The zero-order chi connectivity index (χ0) is 25.3. The van der Waals surface area contributed by atoms with Crippen molar-refractivity contribution in [2.24, 2.45) is 0 Å². The second-order valence-electron chi connectivity index (χ2n) is 9.52. The van der Waals surface area contributed by atoms with Crippen LogP contribution in [0.4, 0.5) is 5.69 Å². The number of carbonyl (C=O) groups is 3.